The number of nitrogens with one attached hydrogen (secondary N) is 1. The summed E-state index contributed by atoms with van der Waals surface area (Å²) in [6.45, 7) is 0.933. The van der Waals surface area contributed by atoms with Crippen molar-refractivity contribution in [1.82, 2.24) is 15.1 Å². The zero-order valence-electron chi connectivity index (χ0n) is 15.7. The van der Waals surface area contributed by atoms with Gasteiger partial charge in [0, 0.05) is 17.6 Å². The molecule has 6 rings (SSSR count). The number of anilines is 1. The van der Waals surface area contributed by atoms with Crippen molar-refractivity contribution in [3.8, 4) is 11.5 Å². The van der Waals surface area contributed by atoms with Crippen LogP contribution in [0, 0.1) is 17.8 Å². The predicted octanol–water partition coefficient (Wildman–Crippen LogP) is 4.18. The van der Waals surface area contributed by atoms with Gasteiger partial charge in [-0.15, -0.1) is 5.10 Å². The molecule has 5 heteroatoms. The minimum atomic E-state index is 0.203. The summed E-state index contributed by atoms with van der Waals surface area (Å²) in [5, 5.41) is 12.3. The Balaban J connectivity index is 1.31. The highest BCUT2D eigenvalue weighted by atomic mass is 16.4. The molecular weight excluding hydrogens is 324 g/mol. The van der Waals surface area contributed by atoms with E-state index >= 15 is 0 Å². The lowest BCUT2D eigenvalue weighted by Gasteiger charge is -2.56. The lowest BCUT2D eigenvalue weighted by Crippen LogP contribution is -2.54. The zero-order valence-corrected chi connectivity index (χ0v) is 15.7. The molecule has 0 saturated heterocycles. The first-order chi connectivity index (χ1) is 12.6. The summed E-state index contributed by atoms with van der Waals surface area (Å²) < 4.78 is 5.99. The van der Waals surface area contributed by atoms with E-state index in [1.54, 1.807) is 0 Å². The predicted molar refractivity (Wildman–Crippen MR) is 102 cm³/mol. The number of nitrogens with zero attached hydrogens (tertiary/aromatic N) is 3. The molecule has 0 aliphatic heterocycles. The summed E-state index contributed by atoms with van der Waals surface area (Å²) in [5.74, 6) is 3.31. The molecule has 0 amide bonds. The smallest absolute Gasteiger partial charge is 0.316 e. The van der Waals surface area contributed by atoms with Gasteiger partial charge in [-0.1, -0.05) is 17.2 Å². The molecule has 4 aliphatic carbocycles. The molecule has 0 atom stereocenters. The molecule has 5 nitrogen and oxygen atoms in total. The molecule has 1 aromatic carbocycles. The Morgan fingerprint density at radius 1 is 1.00 bits per heavy atom. The molecule has 2 aromatic rings. The highest BCUT2D eigenvalue weighted by molar-refractivity contribution is 5.54. The van der Waals surface area contributed by atoms with Crippen molar-refractivity contribution in [2.75, 3.05) is 19.4 Å². The van der Waals surface area contributed by atoms with Gasteiger partial charge in [-0.2, -0.15) is 0 Å². The zero-order chi connectivity index (χ0) is 17.7. The monoisotopic (exact) mass is 352 g/mol. The molecule has 138 valence electrons. The third-order valence-corrected chi connectivity index (χ3v) is 6.54. The molecule has 0 spiro atoms. The Labute approximate surface area is 155 Å². The molecule has 1 heterocycles. The van der Waals surface area contributed by atoms with Gasteiger partial charge in [-0.05, 0) is 88.1 Å². The lowest BCUT2D eigenvalue weighted by molar-refractivity contribution is 0.00964. The van der Waals surface area contributed by atoms with E-state index in [2.05, 4.69) is 58.8 Å². The molecule has 4 bridgehead atoms. The van der Waals surface area contributed by atoms with Gasteiger partial charge in [0.15, 0.2) is 0 Å². The van der Waals surface area contributed by atoms with Crippen LogP contribution in [0.4, 0.5) is 6.01 Å². The Morgan fingerprint density at radius 3 is 2.19 bits per heavy atom. The Bertz CT molecular complexity index is 744. The summed E-state index contributed by atoms with van der Waals surface area (Å²) in [7, 11) is 4.16. The highest BCUT2D eigenvalue weighted by Gasteiger charge is 2.51. The standard InChI is InChI=1S/C21H28N4O/c1-25(2)13-14-3-5-18(6-4-14)19-23-24-20(26-19)22-21-10-15-7-16(11-21)9-17(8-15)12-21/h3-6,15-17H,7-13H2,1-2H3,(H,22,24). The Kier molecular flexibility index (Phi) is 3.82. The number of aromatic nitrogens is 2. The molecule has 0 unspecified atom stereocenters. The van der Waals surface area contributed by atoms with E-state index in [9.17, 15) is 0 Å². The van der Waals surface area contributed by atoms with E-state index in [1.807, 2.05) is 0 Å². The first kappa shape index (κ1) is 16.3. The largest absolute Gasteiger partial charge is 0.403 e. The second-order valence-corrected chi connectivity index (χ2v) is 9.17. The van der Waals surface area contributed by atoms with Gasteiger partial charge in [-0.25, -0.2) is 0 Å². The molecule has 1 N–H and O–H groups in total. The fraction of sp³-hybridized carbons (Fsp3) is 0.619. The second-order valence-electron chi connectivity index (χ2n) is 9.17. The van der Waals surface area contributed by atoms with Crippen molar-refractivity contribution in [2.45, 2.75) is 50.6 Å². The maximum absolute atomic E-state index is 5.99. The van der Waals surface area contributed by atoms with Crippen LogP contribution in [0.15, 0.2) is 28.7 Å². The van der Waals surface area contributed by atoms with Crippen molar-refractivity contribution in [3.63, 3.8) is 0 Å². The van der Waals surface area contributed by atoms with Crippen LogP contribution in [0.5, 0.6) is 0 Å². The van der Waals surface area contributed by atoms with E-state index < -0.39 is 0 Å². The molecule has 4 aliphatic rings. The first-order valence-electron chi connectivity index (χ1n) is 9.93. The third-order valence-electron chi connectivity index (χ3n) is 6.54. The molecule has 1 aromatic heterocycles. The van der Waals surface area contributed by atoms with Gasteiger partial charge >= 0.3 is 6.01 Å². The van der Waals surface area contributed by atoms with Crippen LogP contribution in [-0.4, -0.2) is 34.7 Å². The number of rotatable bonds is 5. The summed E-state index contributed by atoms with van der Waals surface area (Å²) in [6.07, 6.45) is 8.14. The van der Waals surface area contributed by atoms with E-state index in [4.69, 9.17) is 4.42 Å². The van der Waals surface area contributed by atoms with Gasteiger partial charge < -0.3 is 14.6 Å². The number of hydrogen-bond donors (Lipinski definition) is 1. The quantitative estimate of drug-likeness (QED) is 0.875. The van der Waals surface area contributed by atoms with Gasteiger partial charge in [0.25, 0.3) is 0 Å². The van der Waals surface area contributed by atoms with Crippen LogP contribution in [0.25, 0.3) is 11.5 Å². The fourth-order valence-electron chi connectivity index (χ4n) is 6.00. The summed E-state index contributed by atoms with van der Waals surface area (Å²) >= 11 is 0. The molecule has 4 fully saturated rings. The van der Waals surface area contributed by atoms with Gasteiger partial charge in [0.1, 0.15) is 0 Å². The van der Waals surface area contributed by atoms with E-state index in [0.717, 1.165) is 29.9 Å². The van der Waals surface area contributed by atoms with E-state index in [1.165, 1.54) is 44.1 Å². The molecule has 0 radical (unpaired) electrons. The topological polar surface area (TPSA) is 54.2 Å². The number of hydrogen-bond acceptors (Lipinski definition) is 5. The van der Waals surface area contributed by atoms with Gasteiger partial charge in [0.05, 0.1) is 0 Å². The fourth-order valence-corrected chi connectivity index (χ4v) is 6.00. The van der Waals surface area contributed by atoms with Crippen molar-refractivity contribution >= 4 is 6.01 Å². The number of benzene rings is 1. The van der Waals surface area contributed by atoms with Crippen molar-refractivity contribution in [1.29, 1.82) is 0 Å². The van der Waals surface area contributed by atoms with Crippen LogP contribution >= 0.6 is 0 Å². The molecular formula is C21H28N4O. The van der Waals surface area contributed by atoms with Crippen molar-refractivity contribution < 1.29 is 4.42 Å². The maximum Gasteiger partial charge on any atom is 0.316 e. The van der Waals surface area contributed by atoms with Gasteiger partial charge in [-0.3, -0.25) is 0 Å². The SMILES string of the molecule is CN(C)Cc1ccc(-c2nnc(NC34CC5CC(CC(C5)C3)C4)o2)cc1. The first-order valence-corrected chi connectivity index (χ1v) is 9.93. The average molecular weight is 352 g/mol. The second kappa shape index (κ2) is 6.08. The van der Waals surface area contributed by atoms with Crippen molar-refractivity contribution in [2.24, 2.45) is 17.8 Å². The average Bonchev–Trinajstić information content (AvgIpc) is 3.01. The van der Waals surface area contributed by atoms with Crippen LogP contribution in [0.2, 0.25) is 0 Å². The van der Waals surface area contributed by atoms with Gasteiger partial charge in [0.2, 0.25) is 5.89 Å². The molecule has 4 saturated carbocycles. The summed E-state index contributed by atoms with van der Waals surface area (Å²) in [4.78, 5) is 2.16. The highest BCUT2D eigenvalue weighted by Crippen LogP contribution is 2.56. The van der Waals surface area contributed by atoms with E-state index in [0.29, 0.717) is 11.9 Å². The van der Waals surface area contributed by atoms with Crippen LogP contribution in [-0.2, 0) is 6.54 Å². The third kappa shape index (κ3) is 3.02. The minimum Gasteiger partial charge on any atom is -0.403 e. The van der Waals surface area contributed by atoms with E-state index in [-0.39, 0.29) is 5.54 Å². The Morgan fingerprint density at radius 2 is 1.62 bits per heavy atom. The normalized spacial score (nSPS) is 32.3. The maximum atomic E-state index is 5.99. The van der Waals surface area contributed by atoms with Crippen LogP contribution < -0.4 is 5.32 Å². The Hall–Kier alpha value is -1.88. The lowest BCUT2D eigenvalue weighted by atomic mass is 9.53. The van der Waals surface area contributed by atoms with Crippen LogP contribution in [0.1, 0.15) is 44.1 Å². The van der Waals surface area contributed by atoms with Crippen LogP contribution in [0.3, 0.4) is 0 Å². The summed E-state index contributed by atoms with van der Waals surface area (Å²) in [6, 6.07) is 9.00. The molecule has 26 heavy (non-hydrogen) atoms. The van der Waals surface area contributed by atoms with Crippen molar-refractivity contribution in [3.05, 3.63) is 29.8 Å². The minimum absolute atomic E-state index is 0.203. The summed E-state index contributed by atoms with van der Waals surface area (Å²) in [5.41, 5.74) is 2.47.